The largest absolute Gasteiger partial charge is 0.462 e. The van der Waals surface area contributed by atoms with E-state index < -0.39 is 17.9 Å². The molecule has 7 heteroatoms. The Balaban J connectivity index is 1.90. The first-order valence-corrected chi connectivity index (χ1v) is 10.2. The molecule has 3 heterocycles. The summed E-state index contributed by atoms with van der Waals surface area (Å²) in [7, 11) is 0. The van der Waals surface area contributed by atoms with Crippen LogP contribution in [0.25, 0.3) is 0 Å². The molecule has 0 spiro atoms. The summed E-state index contributed by atoms with van der Waals surface area (Å²) in [6, 6.07) is 9.22. The van der Waals surface area contributed by atoms with Crippen LogP contribution in [0.4, 0.5) is 0 Å². The predicted molar refractivity (Wildman–Crippen MR) is 116 cm³/mol. The summed E-state index contributed by atoms with van der Waals surface area (Å²) in [5.74, 6) is -1.60. The normalized spacial score (nSPS) is 16.2. The minimum atomic E-state index is -0.636. The zero-order valence-corrected chi connectivity index (χ0v) is 18.2. The van der Waals surface area contributed by atoms with Crippen LogP contribution in [0.5, 0.6) is 0 Å². The van der Waals surface area contributed by atoms with E-state index >= 15 is 0 Å². The number of rotatable bonds is 7. The highest BCUT2D eigenvalue weighted by atomic mass is 16.5. The van der Waals surface area contributed by atoms with Gasteiger partial charge in [-0.05, 0) is 51.5 Å². The number of hydrogen-bond donors (Lipinski definition) is 1. The second-order valence-corrected chi connectivity index (χ2v) is 7.58. The predicted octanol–water partition coefficient (Wildman–Crippen LogP) is 3.45. The fraction of sp³-hybridized carbons (Fsp3) is 0.333. The van der Waals surface area contributed by atoms with E-state index in [1.165, 1.54) is 0 Å². The smallest absolute Gasteiger partial charge is 0.337 e. The average Bonchev–Trinajstić information content (AvgIpc) is 2.74. The molecule has 0 saturated carbocycles. The Morgan fingerprint density at radius 1 is 1.03 bits per heavy atom. The van der Waals surface area contributed by atoms with E-state index in [1.807, 2.05) is 24.3 Å². The molecule has 0 fully saturated rings. The Kier molecular flexibility index (Phi) is 7.18. The van der Waals surface area contributed by atoms with Gasteiger partial charge >= 0.3 is 11.9 Å². The van der Waals surface area contributed by atoms with Crippen LogP contribution < -0.4 is 5.32 Å². The van der Waals surface area contributed by atoms with Crippen molar-refractivity contribution in [2.24, 2.45) is 0 Å². The lowest BCUT2D eigenvalue weighted by molar-refractivity contribution is -0.143. The van der Waals surface area contributed by atoms with Crippen molar-refractivity contribution in [3.8, 4) is 0 Å². The van der Waals surface area contributed by atoms with Gasteiger partial charge in [0.2, 0.25) is 0 Å². The Hall–Kier alpha value is -3.48. The molecule has 162 valence electrons. The lowest BCUT2D eigenvalue weighted by Crippen LogP contribution is -2.33. The van der Waals surface area contributed by atoms with E-state index in [4.69, 9.17) is 9.47 Å². The molecule has 2 aromatic heterocycles. The van der Waals surface area contributed by atoms with Gasteiger partial charge < -0.3 is 14.8 Å². The number of carbonyl (C=O) groups excluding carboxylic acids is 2. The fourth-order valence-corrected chi connectivity index (χ4v) is 3.56. The topological polar surface area (TPSA) is 90.4 Å². The van der Waals surface area contributed by atoms with Gasteiger partial charge in [0.15, 0.2) is 0 Å². The number of carbonyl (C=O) groups is 2. The number of aromatic nitrogens is 2. The van der Waals surface area contributed by atoms with Crippen LogP contribution in [0.1, 0.15) is 44.9 Å². The monoisotopic (exact) mass is 421 g/mol. The van der Waals surface area contributed by atoms with Crippen molar-refractivity contribution in [2.45, 2.75) is 46.1 Å². The Labute approximate surface area is 182 Å². The third-order valence-electron chi connectivity index (χ3n) is 4.88. The van der Waals surface area contributed by atoms with Crippen molar-refractivity contribution >= 4 is 11.9 Å². The summed E-state index contributed by atoms with van der Waals surface area (Å²) in [4.78, 5) is 34.5. The van der Waals surface area contributed by atoms with Crippen LogP contribution in [-0.4, -0.2) is 34.6 Å². The first kappa shape index (κ1) is 22.2. The van der Waals surface area contributed by atoms with E-state index in [2.05, 4.69) is 15.3 Å². The molecule has 7 nitrogen and oxygen atoms in total. The molecule has 1 aliphatic rings. The quantitative estimate of drug-likeness (QED) is 0.685. The summed E-state index contributed by atoms with van der Waals surface area (Å²) >= 11 is 0. The van der Waals surface area contributed by atoms with Gasteiger partial charge in [-0.2, -0.15) is 0 Å². The van der Waals surface area contributed by atoms with E-state index in [0.29, 0.717) is 29.0 Å². The second kappa shape index (κ2) is 10.0. The molecule has 31 heavy (non-hydrogen) atoms. The van der Waals surface area contributed by atoms with Crippen LogP contribution in [-0.2, 0) is 25.5 Å². The third kappa shape index (κ3) is 5.36. The lowest BCUT2D eigenvalue weighted by atomic mass is 9.81. The van der Waals surface area contributed by atoms with Gasteiger partial charge in [0, 0.05) is 42.1 Å². The van der Waals surface area contributed by atoms with Crippen molar-refractivity contribution in [1.29, 1.82) is 0 Å². The van der Waals surface area contributed by atoms with Crippen molar-refractivity contribution < 1.29 is 19.1 Å². The summed E-state index contributed by atoms with van der Waals surface area (Å²) in [5, 5.41) is 3.15. The maximum absolute atomic E-state index is 13.1. The van der Waals surface area contributed by atoms with E-state index in [9.17, 15) is 9.59 Å². The number of esters is 2. The van der Waals surface area contributed by atoms with Crippen molar-refractivity contribution in [2.75, 3.05) is 6.61 Å². The molecule has 0 aromatic carbocycles. The van der Waals surface area contributed by atoms with Gasteiger partial charge in [0.1, 0.15) is 0 Å². The first-order chi connectivity index (χ1) is 14.9. The molecule has 0 aliphatic carbocycles. The molecule has 1 aliphatic heterocycles. The molecular weight excluding hydrogens is 394 g/mol. The number of nitrogens with zero attached hydrogens (tertiary/aromatic N) is 2. The van der Waals surface area contributed by atoms with E-state index in [-0.39, 0.29) is 12.7 Å². The van der Waals surface area contributed by atoms with Gasteiger partial charge in [0.25, 0.3) is 0 Å². The summed E-state index contributed by atoms with van der Waals surface area (Å²) in [5.41, 5.74) is 3.58. The zero-order valence-electron chi connectivity index (χ0n) is 18.2. The maximum atomic E-state index is 13.1. The maximum Gasteiger partial charge on any atom is 0.337 e. The van der Waals surface area contributed by atoms with Gasteiger partial charge in [0.05, 0.1) is 29.8 Å². The van der Waals surface area contributed by atoms with Crippen LogP contribution in [0.3, 0.4) is 0 Å². The molecule has 0 saturated heterocycles. The minimum Gasteiger partial charge on any atom is -0.462 e. The molecule has 1 atom stereocenters. The van der Waals surface area contributed by atoms with Crippen molar-refractivity contribution in [1.82, 2.24) is 15.3 Å². The molecule has 1 unspecified atom stereocenters. The number of nitrogens with one attached hydrogen (secondary N) is 1. The lowest BCUT2D eigenvalue weighted by Gasteiger charge is -2.30. The van der Waals surface area contributed by atoms with Gasteiger partial charge in [-0.1, -0.05) is 12.1 Å². The number of ether oxygens (including phenoxy) is 2. The molecule has 3 rings (SSSR count). The number of pyridine rings is 2. The van der Waals surface area contributed by atoms with Gasteiger partial charge in [-0.25, -0.2) is 9.59 Å². The summed E-state index contributed by atoms with van der Waals surface area (Å²) in [6.07, 6.45) is 5.21. The number of allylic oxidation sites excluding steroid dienone is 2. The highest BCUT2D eigenvalue weighted by Crippen LogP contribution is 2.39. The van der Waals surface area contributed by atoms with Gasteiger partial charge in [-0.3, -0.25) is 9.97 Å². The molecule has 0 radical (unpaired) electrons. The van der Waals surface area contributed by atoms with Crippen LogP contribution in [0, 0.1) is 0 Å². The van der Waals surface area contributed by atoms with Crippen molar-refractivity contribution in [3.05, 3.63) is 82.7 Å². The van der Waals surface area contributed by atoms with Crippen molar-refractivity contribution in [3.63, 3.8) is 0 Å². The van der Waals surface area contributed by atoms with Crippen LogP contribution in [0.2, 0.25) is 0 Å². The standard InChI is InChI=1S/C24H27N3O4/c1-15(2)31-24(29)21-17(4)27-16(3)20(22(21)18-8-7-11-25-14-18)23(28)30-13-10-19-9-5-6-12-26-19/h5-9,11-12,14-15,22,27H,10,13H2,1-4H3. The Morgan fingerprint density at radius 2 is 1.77 bits per heavy atom. The van der Waals surface area contributed by atoms with Crippen LogP contribution in [0.15, 0.2) is 71.5 Å². The SMILES string of the molecule is CC1=C(C(=O)OCCc2ccccn2)C(c2cccnc2)C(C(=O)OC(C)C)=C(C)N1. The third-order valence-corrected chi connectivity index (χ3v) is 4.88. The van der Waals surface area contributed by atoms with Crippen LogP contribution >= 0.6 is 0 Å². The summed E-state index contributed by atoms with van der Waals surface area (Å²) in [6.45, 7) is 7.36. The molecular formula is C24H27N3O4. The Bertz CT molecular complexity index is 998. The molecule has 0 bridgehead atoms. The Morgan fingerprint density at radius 3 is 2.39 bits per heavy atom. The average molecular weight is 421 g/mol. The number of hydrogen-bond acceptors (Lipinski definition) is 7. The fourth-order valence-electron chi connectivity index (χ4n) is 3.56. The highest BCUT2D eigenvalue weighted by molar-refractivity contribution is 5.99. The first-order valence-electron chi connectivity index (χ1n) is 10.2. The molecule has 1 N–H and O–H groups in total. The van der Waals surface area contributed by atoms with E-state index in [1.54, 1.807) is 52.4 Å². The molecule has 0 amide bonds. The minimum absolute atomic E-state index is 0.181. The molecule has 2 aromatic rings. The zero-order chi connectivity index (χ0) is 22.4. The highest BCUT2D eigenvalue weighted by Gasteiger charge is 2.38. The van der Waals surface area contributed by atoms with E-state index in [0.717, 1.165) is 11.3 Å². The second-order valence-electron chi connectivity index (χ2n) is 7.58. The summed E-state index contributed by atoms with van der Waals surface area (Å²) < 4.78 is 11.1. The van der Waals surface area contributed by atoms with Gasteiger partial charge in [-0.15, -0.1) is 0 Å². The number of dihydropyridines is 1.